The summed E-state index contributed by atoms with van der Waals surface area (Å²) in [5, 5.41) is 10.5. The van der Waals surface area contributed by atoms with E-state index in [-0.39, 0.29) is 17.3 Å². The molecule has 0 saturated carbocycles. The monoisotopic (exact) mass is 520 g/mol. The van der Waals surface area contributed by atoms with Crippen LogP contribution >= 0.6 is 0 Å². The second kappa shape index (κ2) is 11.3. The molecular formula is C24H27F3N6O4. The van der Waals surface area contributed by atoms with Crippen molar-refractivity contribution in [2.45, 2.75) is 32.6 Å². The first kappa shape index (κ1) is 27.5. The van der Waals surface area contributed by atoms with Crippen LogP contribution in [0.15, 0.2) is 39.9 Å². The van der Waals surface area contributed by atoms with Crippen molar-refractivity contribution in [1.82, 2.24) is 24.0 Å². The van der Waals surface area contributed by atoms with Crippen molar-refractivity contribution in [3.63, 3.8) is 0 Å². The number of aliphatic carboxylic acids is 1. The van der Waals surface area contributed by atoms with Gasteiger partial charge in [-0.3, -0.25) is 18.5 Å². The summed E-state index contributed by atoms with van der Waals surface area (Å²) in [7, 11) is 1.52. The minimum absolute atomic E-state index is 0.274. The summed E-state index contributed by atoms with van der Waals surface area (Å²) in [6.45, 7) is 7.32. The van der Waals surface area contributed by atoms with E-state index in [0.717, 1.165) is 31.7 Å². The van der Waals surface area contributed by atoms with Gasteiger partial charge in [-0.2, -0.15) is 18.2 Å². The Bertz CT molecular complexity index is 1440. The number of alkyl halides is 3. The molecule has 0 amide bonds. The molecule has 0 spiro atoms. The van der Waals surface area contributed by atoms with Crippen molar-refractivity contribution in [2.24, 2.45) is 7.05 Å². The summed E-state index contributed by atoms with van der Waals surface area (Å²) in [5.74, 6) is 3.89. The van der Waals surface area contributed by atoms with Crippen LogP contribution in [-0.2, 0) is 18.4 Å². The van der Waals surface area contributed by atoms with Gasteiger partial charge in [0.2, 0.25) is 5.95 Å². The number of halogens is 3. The number of hydrogen-bond acceptors (Lipinski definition) is 6. The highest BCUT2D eigenvalue weighted by Crippen LogP contribution is 2.24. The average molecular weight is 521 g/mol. The molecule has 2 N–H and O–H groups in total. The number of carbonyl (C=O) groups is 1. The maximum atomic E-state index is 13.2. The second-order valence-electron chi connectivity index (χ2n) is 8.24. The minimum Gasteiger partial charge on any atom is -0.475 e. The third-order valence-electron chi connectivity index (χ3n) is 5.88. The van der Waals surface area contributed by atoms with Gasteiger partial charge in [0.05, 0.1) is 12.6 Å². The van der Waals surface area contributed by atoms with E-state index in [0.29, 0.717) is 23.7 Å². The van der Waals surface area contributed by atoms with Crippen LogP contribution in [-0.4, -0.2) is 62.1 Å². The van der Waals surface area contributed by atoms with Crippen LogP contribution in [0, 0.1) is 11.8 Å². The summed E-state index contributed by atoms with van der Waals surface area (Å²) in [5.41, 5.74) is 1.08. The Hall–Kier alpha value is -4.05. The molecule has 0 radical (unpaired) electrons. The second-order valence-corrected chi connectivity index (χ2v) is 8.24. The standard InChI is InChI=1S/C22H26N6O2.C2HF3O2/c1-4-5-13-27-18-19(24-21(27)26-14-11-23-12-15-26)28(22(30)25(3)20(18)29)16(2)17-9-7-6-8-10-17;3-2(4,5)1(6)7/h6-10,16,23H,11-15H2,1-3H3;(H,6,7). The minimum atomic E-state index is -5.08. The number of fused-ring (bicyclic) bond motifs is 1. The summed E-state index contributed by atoms with van der Waals surface area (Å²) in [4.78, 5) is 42.2. The van der Waals surface area contributed by atoms with E-state index in [4.69, 9.17) is 14.9 Å². The third kappa shape index (κ3) is 5.86. The highest BCUT2D eigenvalue weighted by atomic mass is 19.4. The number of carboxylic acids is 1. The first-order valence-electron chi connectivity index (χ1n) is 11.4. The van der Waals surface area contributed by atoms with Crippen molar-refractivity contribution in [1.29, 1.82) is 0 Å². The first-order chi connectivity index (χ1) is 17.5. The zero-order valence-corrected chi connectivity index (χ0v) is 20.5. The Labute approximate surface area is 209 Å². The van der Waals surface area contributed by atoms with Gasteiger partial charge in [-0.05, 0) is 19.4 Å². The molecule has 1 aliphatic heterocycles. The Morgan fingerprint density at radius 1 is 1.19 bits per heavy atom. The van der Waals surface area contributed by atoms with Crippen LogP contribution in [0.5, 0.6) is 0 Å². The number of aromatic nitrogens is 4. The van der Waals surface area contributed by atoms with Crippen LogP contribution in [0.1, 0.15) is 25.5 Å². The van der Waals surface area contributed by atoms with Crippen molar-refractivity contribution in [3.8, 4) is 11.8 Å². The normalized spacial score (nSPS) is 14.4. The van der Waals surface area contributed by atoms with E-state index < -0.39 is 12.1 Å². The van der Waals surface area contributed by atoms with Gasteiger partial charge in [-0.15, -0.1) is 5.92 Å². The van der Waals surface area contributed by atoms with Gasteiger partial charge in [0.15, 0.2) is 11.2 Å². The van der Waals surface area contributed by atoms with Gasteiger partial charge in [-0.1, -0.05) is 36.3 Å². The fourth-order valence-electron chi connectivity index (χ4n) is 3.95. The van der Waals surface area contributed by atoms with E-state index >= 15 is 0 Å². The molecule has 0 bridgehead atoms. The maximum absolute atomic E-state index is 13.2. The lowest BCUT2D eigenvalue weighted by Crippen LogP contribution is -2.44. The van der Waals surface area contributed by atoms with Crippen molar-refractivity contribution in [3.05, 3.63) is 56.7 Å². The molecule has 1 aromatic carbocycles. The van der Waals surface area contributed by atoms with Gasteiger partial charge in [0.25, 0.3) is 5.56 Å². The molecule has 10 nitrogen and oxygen atoms in total. The summed E-state index contributed by atoms with van der Waals surface area (Å²) >= 11 is 0. The van der Waals surface area contributed by atoms with E-state index in [1.54, 1.807) is 11.5 Å². The van der Waals surface area contributed by atoms with Crippen LogP contribution in [0.2, 0.25) is 0 Å². The predicted molar refractivity (Wildman–Crippen MR) is 132 cm³/mol. The topological polar surface area (TPSA) is 114 Å². The summed E-state index contributed by atoms with van der Waals surface area (Å²) < 4.78 is 36.4. The van der Waals surface area contributed by atoms with Gasteiger partial charge in [0.1, 0.15) is 0 Å². The molecule has 0 aliphatic carbocycles. The molecule has 198 valence electrons. The molecule has 1 unspecified atom stereocenters. The average Bonchev–Trinajstić information content (AvgIpc) is 3.26. The number of rotatable bonds is 4. The number of nitrogens with one attached hydrogen (secondary N) is 1. The molecule has 37 heavy (non-hydrogen) atoms. The first-order valence-corrected chi connectivity index (χ1v) is 11.4. The SMILES string of the molecule is CC#CCn1c(N2CCNCC2)nc2c1c(=O)n(C)c(=O)n2C(C)c1ccccc1.O=C(O)C(F)(F)F. The quantitative estimate of drug-likeness (QED) is 0.502. The van der Waals surface area contributed by atoms with Crippen LogP contribution < -0.4 is 21.5 Å². The Morgan fingerprint density at radius 2 is 1.78 bits per heavy atom. The summed E-state index contributed by atoms with van der Waals surface area (Å²) in [6.07, 6.45) is -5.08. The Morgan fingerprint density at radius 3 is 2.32 bits per heavy atom. The molecule has 2 aromatic heterocycles. The van der Waals surface area contributed by atoms with Crippen molar-refractivity contribution >= 4 is 23.1 Å². The van der Waals surface area contributed by atoms with Gasteiger partial charge < -0.3 is 15.3 Å². The molecule has 4 rings (SSSR count). The Kier molecular flexibility index (Phi) is 8.44. The zero-order valence-electron chi connectivity index (χ0n) is 20.5. The lowest BCUT2D eigenvalue weighted by atomic mass is 10.1. The fourth-order valence-corrected chi connectivity index (χ4v) is 3.95. The molecule has 3 aromatic rings. The van der Waals surface area contributed by atoms with Crippen LogP contribution in [0.3, 0.4) is 0 Å². The van der Waals surface area contributed by atoms with E-state index in [1.807, 2.05) is 41.8 Å². The molecular weight excluding hydrogens is 493 g/mol. The molecule has 3 heterocycles. The van der Waals surface area contributed by atoms with Crippen molar-refractivity contribution in [2.75, 3.05) is 31.1 Å². The van der Waals surface area contributed by atoms with Crippen LogP contribution in [0.25, 0.3) is 11.2 Å². The lowest BCUT2D eigenvalue weighted by Gasteiger charge is -2.28. The fraction of sp³-hybridized carbons (Fsp3) is 0.417. The number of hydrogen-bond donors (Lipinski definition) is 2. The summed E-state index contributed by atoms with van der Waals surface area (Å²) in [6, 6.07) is 9.51. The van der Waals surface area contributed by atoms with E-state index in [1.165, 1.54) is 11.6 Å². The Balaban J connectivity index is 0.000000479. The number of carboxylic acid groups (broad SMARTS) is 1. The number of benzene rings is 1. The smallest absolute Gasteiger partial charge is 0.475 e. The van der Waals surface area contributed by atoms with Gasteiger partial charge in [-0.25, -0.2) is 9.59 Å². The molecule has 1 atom stereocenters. The molecule has 1 saturated heterocycles. The lowest BCUT2D eigenvalue weighted by molar-refractivity contribution is -0.192. The largest absolute Gasteiger partial charge is 0.490 e. The molecule has 13 heteroatoms. The van der Waals surface area contributed by atoms with E-state index in [2.05, 4.69) is 22.1 Å². The predicted octanol–water partition coefficient (Wildman–Crippen LogP) is 1.57. The van der Waals surface area contributed by atoms with Gasteiger partial charge in [0, 0.05) is 33.2 Å². The highest BCUT2D eigenvalue weighted by molar-refractivity contribution is 5.75. The third-order valence-corrected chi connectivity index (χ3v) is 5.88. The maximum Gasteiger partial charge on any atom is 0.490 e. The zero-order chi connectivity index (χ0) is 27.3. The van der Waals surface area contributed by atoms with Crippen LogP contribution in [0.4, 0.5) is 19.1 Å². The van der Waals surface area contributed by atoms with Crippen molar-refractivity contribution < 1.29 is 23.1 Å². The number of anilines is 1. The highest BCUT2D eigenvalue weighted by Gasteiger charge is 2.38. The van der Waals surface area contributed by atoms with Gasteiger partial charge >= 0.3 is 17.8 Å². The van der Waals surface area contributed by atoms with E-state index in [9.17, 15) is 22.8 Å². The number of imidazole rings is 1. The number of piperazine rings is 1. The molecule has 1 aliphatic rings. The molecule has 1 fully saturated rings. The number of nitrogens with zero attached hydrogens (tertiary/aromatic N) is 5.